The highest BCUT2D eigenvalue weighted by Gasteiger charge is 2.23. The Morgan fingerprint density at radius 3 is 2.62 bits per heavy atom. The fourth-order valence-corrected chi connectivity index (χ4v) is 4.25. The van der Waals surface area contributed by atoms with E-state index in [1.165, 1.54) is 12.1 Å². The number of hydrogen-bond donors (Lipinski definition) is 0. The molecule has 2 aromatic carbocycles. The van der Waals surface area contributed by atoms with Gasteiger partial charge in [-0.3, -0.25) is 0 Å². The van der Waals surface area contributed by atoms with Gasteiger partial charge in [0.2, 0.25) is 0 Å². The number of nitrogens with zero attached hydrogens (tertiary/aromatic N) is 1. The van der Waals surface area contributed by atoms with Crippen LogP contribution in [0.2, 0.25) is 0 Å². The molecule has 0 saturated carbocycles. The van der Waals surface area contributed by atoms with Gasteiger partial charge in [0.15, 0.2) is 17.3 Å². The number of ether oxygens (including phenoxy) is 2. The lowest BCUT2D eigenvalue weighted by Crippen LogP contribution is -2.10. The molecule has 0 saturated heterocycles. The summed E-state index contributed by atoms with van der Waals surface area (Å²) in [5.41, 5.74) is 6.09. The minimum atomic E-state index is -0.896. The molecule has 4 nitrogen and oxygen atoms in total. The zero-order chi connectivity index (χ0) is 24.2. The maximum atomic E-state index is 14.1. The number of halogens is 2. The van der Waals surface area contributed by atoms with Crippen LogP contribution >= 0.6 is 0 Å². The Morgan fingerprint density at radius 2 is 1.82 bits per heavy atom. The van der Waals surface area contributed by atoms with Crippen molar-refractivity contribution in [3.05, 3.63) is 93.8 Å². The van der Waals surface area contributed by atoms with Crippen LogP contribution in [0.5, 0.6) is 5.75 Å². The molecule has 1 aromatic heterocycles. The third-order valence-corrected chi connectivity index (χ3v) is 5.97. The van der Waals surface area contributed by atoms with Gasteiger partial charge in [0.25, 0.3) is 0 Å². The van der Waals surface area contributed by atoms with E-state index in [0.29, 0.717) is 11.4 Å². The van der Waals surface area contributed by atoms with E-state index in [1.54, 1.807) is 6.92 Å². The Bertz CT molecular complexity index is 1270. The first kappa shape index (κ1) is 23.6. The quantitative estimate of drug-likeness (QED) is 0.361. The van der Waals surface area contributed by atoms with Crippen LogP contribution in [0.25, 0.3) is 11.1 Å². The van der Waals surface area contributed by atoms with Gasteiger partial charge >= 0.3 is 5.97 Å². The van der Waals surface area contributed by atoms with Crippen LogP contribution in [0.3, 0.4) is 0 Å². The summed E-state index contributed by atoms with van der Waals surface area (Å²) in [6.45, 7) is 5.80. The molecule has 0 N–H and O–H groups in total. The standard InChI is InChI=1S/C28H27F2NO3/c1-4-33-28(32)27-18(3)12-13-24(31-27)21-9-6-8-20(21)22-15-17(2)11-14-25(22)34-16-19-7-5-10-23(29)26(19)30/h5,7,10-15H,4,6,8-9,16H2,1-3H3. The zero-order valence-electron chi connectivity index (χ0n) is 19.6. The van der Waals surface area contributed by atoms with Crippen LogP contribution in [-0.2, 0) is 11.3 Å². The Hall–Kier alpha value is -3.54. The van der Waals surface area contributed by atoms with Crippen LogP contribution in [0.4, 0.5) is 8.78 Å². The van der Waals surface area contributed by atoms with Crippen molar-refractivity contribution >= 4 is 17.1 Å². The lowest BCUT2D eigenvalue weighted by Gasteiger charge is -2.16. The lowest BCUT2D eigenvalue weighted by atomic mass is 9.97. The largest absolute Gasteiger partial charge is 0.488 e. The van der Waals surface area contributed by atoms with Crippen LogP contribution in [0.1, 0.15) is 64.6 Å². The minimum absolute atomic E-state index is 0.0853. The van der Waals surface area contributed by atoms with Gasteiger partial charge in [-0.2, -0.15) is 0 Å². The molecule has 0 unspecified atom stereocenters. The topological polar surface area (TPSA) is 48.4 Å². The first-order valence-electron chi connectivity index (χ1n) is 11.4. The van der Waals surface area contributed by atoms with E-state index in [4.69, 9.17) is 9.47 Å². The van der Waals surface area contributed by atoms with Crippen molar-refractivity contribution in [2.24, 2.45) is 0 Å². The smallest absolute Gasteiger partial charge is 0.357 e. The van der Waals surface area contributed by atoms with Crippen molar-refractivity contribution in [2.45, 2.75) is 46.6 Å². The van der Waals surface area contributed by atoms with Crippen molar-refractivity contribution < 1.29 is 23.0 Å². The molecule has 176 valence electrons. The summed E-state index contributed by atoms with van der Waals surface area (Å²) in [6, 6.07) is 13.7. The monoisotopic (exact) mass is 463 g/mol. The number of esters is 1. The van der Waals surface area contributed by atoms with Crippen molar-refractivity contribution in [1.29, 1.82) is 0 Å². The summed E-state index contributed by atoms with van der Waals surface area (Å²) in [5, 5.41) is 0. The number of aryl methyl sites for hydroxylation is 2. The van der Waals surface area contributed by atoms with E-state index >= 15 is 0 Å². The van der Waals surface area contributed by atoms with Gasteiger partial charge in [0.05, 0.1) is 12.3 Å². The fraction of sp³-hybridized carbons (Fsp3) is 0.286. The van der Waals surface area contributed by atoms with E-state index in [0.717, 1.165) is 58.9 Å². The summed E-state index contributed by atoms with van der Waals surface area (Å²) in [7, 11) is 0. The van der Waals surface area contributed by atoms with Crippen LogP contribution < -0.4 is 4.74 Å². The zero-order valence-corrected chi connectivity index (χ0v) is 19.6. The Kier molecular flexibility index (Phi) is 7.06. The molecule has 1 aliphatic rings. The van der Waals surface area contributed by atoms with Crippen LogP contribution in [-0.4, -0.2) is 17.6 Å². The molecule has 1 heterocycles. The fourth-order valence-electron chi connectivity index (χ4n) is 4.25. The molecular formula is C28H27F2NO3. The highest BCUT2D eigenvalue weighted by atomic mass is 19.2. The third kappa shape index (κ3) is 4.86. The maximum absolute atomic E-state index is 14.1. The summed E-state index contributed by atoms with van der Waals surface area (Å²) >= 11 is 0. The number of pyridine rings is 1. The summed E-state index contributed by atoms with van der Waals surface area (Å²) < 4.78 is 38.9. The highest BCUT2D eigenvalue weighted by molar-refractivity contribution is 5.95. The van der Waals surface area contributed by atoms with Crippen molar-refractivity contribution in [3.8, 4) is 5.75 Å². The van der Waals surface area contributed by atoms with Crippen molar-refractivity contribution in [3.63, 3.8) is 0 Å². The number of carbonyl (C=O) groups is 1. The number of rotatable bonds is 7. The predicted molar refractivity (Wildman–Crippen MR) is 127 cm³/mol. The van der Waals surface area contributed by atoms with E-state index in [9.17, 15) is 13.6 Å². The molecule has 6 heteroatoms. The molecule has 0 atom stereocenters. The molecule has 0 radical (unpaired) electrons. The molecule has 0 bridgehead atoms. The summed E-state index contributed by atoms with van der Waals surface area (Å²) in [4.78, 5) is 17.0. The van der Waals surface area contributed by atoms with Gasteiger partial charge in [-0.1, -0.05) is 29.8 Å². The average Bonchev–Trinajstić information content (AvgIpc) is 3.31. The van der Waals surface area contributed by atoms with E-state index in [1.807, 2.05) is 44.2 Å². The van der Waals surface area contributed by atoms with Gasteiger partial charge in [-0.25, -0.2) is 18.6 Å². The Morgan fingerprint density at radius 1 is 1.03 bits per heavy atom. The average molecular weight is 464 g/mol. The summed E-state index contributed by atoms with van der Waals surface area (Å²) in [5.74, 6) is -1.62. The number of aromatic nitrogens is 1. The molecule has 3 aromatic rings. The molecule has 0 amide bonds. The van der Waals surface area contributed by atoms with Crippen molar-refractivity contribution in [2.75, 3.05) is 6.61 Å². The molecule has 0 spiro atoms. The number of carbonyl (C=O) groups excluding carboxylic acids is 1. The number of hydrogen-bond acceptors (Lipinski definition) is 4. The first-order chi connectivity index (χ1) is 16.4. The lowest BCUT2D eigenvalue weighted by molar-refractivity contribution is 0.0518. The van der Waals surface area contributed by atoms with Gasteiger partial charge in [0.1, 0.15) is 12.4 Å². The van der Waals surface area contributed by atoms with E-state index < -0.39 is 17.6 Å². The second kappa shape index (κ2) is 10.2. The van der Waals surface area contributed by atoms with E-state index in [2.05, 4.69) is 4.98 Å². The van der Waals surface area contributed by atoms with Crippen LogP contribution in [0, 0.1) is 25.5 Å². The summed E-state index contributed by atoms with van der Waals surface area (Å²) in [6.07, 6.45) is 2.59. The van der Waals surface area contributed by atoms with Crippen molar-refractivity contribution in [1.82, 2.24) is 4.98 Å². The molecular weight excluding hydrogens is 436 g/mol. The maximum Gasteiger partial charge on any atom is 0.357 e. The van der Waals surface area contributed by atoms with Gasteiger partial charge in [0, 0.05) is 11.1 Å². The van der Waals surface area contributed by atoms with Gasteiger partial charge in [-0.05, 0) is 81.0 Å². The van der Waals surface area contributed by atoms with Gasteiger partial charge < -0.3 is 9.47 Å². The molecule has 34 heavy (non-hydrogen) atoms. The normalized spacial score (nSPS) is 13.3. The second-order valence-electron chi connectivity index (χ2n) is 8.39. The second-order valence-corrected chi connectivity index (χ2v) is 8.39. The first-order valence-corrected chi connectivity index (χ1v) is 11.4. The van der Waals surface area contributed by atoms with Gasteiger partial charge in [-0.15, -0.1) is 0 Å². The molecule has 1 aliphatic carbocycles. The minimum Gasteiger partial charge on any atom is -0.488 e. The molecule has 4 rings (SSSR count). The van der Waals surface area contributed by atoms with E-state index in [-0.39, 0.29) is 18.8 Å². The SMILES string of the molecule is CCOC(=O)c1nc(C2=C(c3cc(C)ccc3OCc3cccc(F)c3F)CCC2)ccc1C. The predicted octanol–water partition coefficient (Wildman–Crippen LogP) is 6.83. The number of benzene rings is 2. The Balaban J connectivity index is 1.72. The molecule has 0 aliphatic heterocycles. The third-order valence-electron chi connectivity index (χ3n) is 5.97. The number of allylic oxidation sites excluding steroid dienone is 2. The Labute approximate surface area is 198 Å². The molecule has 0 fully saturated rings. The highest BCUT2D eigenvalue weighted by Crippen LogP contribution is 2.43. The van der Waals surface area contributed by atoms with Crippen LogP contribution in [0.15, 0.2) is 48.5 Å².